The average Bonchev–Trinajstić information content (AvgIpc) is 3.36. The van der Waals surface area contributed by atoms with Crippen LogP contribution in [-0.2, 0) is 6.54 Å². The molecule has 1 aliphatic heterocycles. The van der Waals surface area contributed by atoms with Crippen LogP contribution in [0.5, 0.6) is 0 Å². The normalized spacial score (nSPS) is 15.8. The highest BCUT2D eigenvalue weighted by Gasteiger charge is 2.22. The summed E-state index contributed by atoms with van der Waals surface area (Å²) in [6.07, 6.45) is 11.4. The van der Waals surface area contributed by atoms with Gasteiger partial charge in [-0.2, -0.15) is 0 Å². The zero-order valence-corrected chi connectivity index (χ0v) is 21.1. The van der Waals surface area contributed by atoms with Gasteiger partial charge in [0.15, 0.2) is 0 Å². The van der Waals surface area contributed by atoms with Gasteiger partial charge in [0.2, 0.25) is 0 Å². The maximum absolute atomic E-state index is 15.4. The number of benzene rings is 1. The molecule has 5 heterocycles. The Morgan fingerprint density at radius 3 is 2.84 bits per heavy atom. The van der Waals surface area contributed by atoms with Crippen molar-refractivity contribution in [3.8, 4) is 11.1 Å². The van der Waals surface area contributed by atoms with E-state index in [2.05, 4.69) is 29.8 Å². The maximum Gasteiger partial charge on any atom is 0.270 e. The number of halogens is 2. The molecule has 11 heteroatoms. The maximum atomic E-state index is 15.4. The van der Waals surface area contributed by atoms with Crippen LogP contribution in [0.15, 0.2) is 61.6 Å². The minimum absolute atomic E-state index is 0.0755. The standard InChI is InChI=1S/C27H24ClFN8O/c28-37(13-16-9-31-15-32-10-16)27(38)18-7-20-22(12-35-26(20)34-11-18)17-6-21-24(36-5-1-2-19(30)14-36)3-4-33-25(21)23(29)8-17/h3-4,6-12,15,19H,1-2,5,13-14,30H2,(H,34,35)/t19-/m1/s1. The fraction of sp³-hybridized carbons (Fsp3) is 0.222. The molecule has 1 saturated heterocycles. The number of pyridine rings is 2. The number of hydrogen-bond donors (Lipinski definition) is 2. The van der Waals surface area contributed by atoms with Crippen molar-refractivity contribution < 1.29 is 9.18 Å². The molecule has 0 saturated carbocycles. The first kappa shape index (κ1) is 24.2. The number of nitrogens with one attached hydrogen (secondary N) is 1. The van der Waals surface area contributed by atoms with E-state index in [1.165, 1.54) is 18.6 Å². The minimum Gasteiger partial charge on any atom is -0.369 e. The van der Waals surface area contributed by atoms with Gasteiger partial charge in [0.25, 0.3) is 5.91 Å². The van der Waals surface area contributed by atoms with Crippen molar-refractivity contribution in [2.45, 2.75) is 25.4 Å². The van der Waals surface area contributed by atoms with Crippen LogP contribution in [0, 0.1) is 5.82 Å². The predicted molar refractivity (Wildman–Crippen MR) is 144 cm³/mol. The van der Waals surface area contributed by atoms with Crippen LogP contribution in [0.3, 0.4) is 0 Å². The molecule has 0 spiro atoms. The second kappa shape index (κ2) is 9.96. The third-order valence-corrected chi connectivity index (χ3v) is 7.09. The number of anilines is 1. The number of hydrogen-bond acceptors (Lipinski definition) is 7. The molecule has 6 rings (SSSR count). The summed E-state index contributed by atoms with van der Waals surface area (Å²) >= 11 is 6.29. The van der Waals surface area contributed by atoms with E-state index in [0.717, 1.165) is 29.5 Å². The van der Waals surface area contributed by atoms with E-state index in [1.807, 2.05) is 12.1 Å². The zero-order valence-electron chi connectivity index (χ0n) is 20.3. The molecule has 1 aromatic carbocycles. The second-order valence-electron chi connectivity index (χ2n) is 9.43. The predicted octanol–water partition coefficient (Wildman–Crippen LogP) is 4.43. The number of H-pyrrole nitrogens is 1. The molecular formula is C27H24ClFN8O. The summed E-state index contributed by atoms with van der Waals surface area (Å²) in [5, 5.41) is 1.39. The van der Waals surface area contributed by atoms with Crippen molar-refractivity contribution in [1.29, 1.82) is 0 Å². The van der Waals surface area contributed by atoms with E-state index in [9.17, 15) is 4.79 Å². The number of nitrogens with two attached hydrogens (primary N) is 1. The Labute approximate surface area is 222 Å². The van der Waals surface area contributed by atoms with Crippen LogP contribution in [-0.4, -0.2) is 54.4 Å². The molecule has 0 bridgehead atoms. The first-order valence-electron chi connectivity index (χ1n) is 12.3. The molecule has 5 aromatic rings. The summed E-state index contributed by atoms with van der Waals surface area (Å²) in [6.45, 7) is 1.69. The minimum atomic E-state index is -0.424. The number of nitrogens with zero attached hydrogens (tertiary/aromatic N) is 6. The van der Waals surface area contributed by atoms with Gasteiger partial charge in [-0.3, -0.25) is 9.78 Å². The Morgan fingerprint density at radius 2 is 2.03 bits per heavy atom. The Morgan fingerprint density at radius 1 is 1.18 bits per heavy atom. The number of rotatable bonds is 5. The number of carbonyl (C=O) groups excluding carboxylic acids is 1. The second-order valence-corrected chi connectivity index (χ2v) is 9.84. The van der Waals surface area contributed by atoms with E-state index in [0.29, 0.717) is 50.7 Å². The SMILES string of the molecule is N[C@@H]1CCCN(c2ccnc3c(F)cc(-c4c[nH]c5ncc(C(=O)N(Cl)Cc6cncnc6)cc45)cc23)C1. The number of aromatic nitrogens is 5. The quantitative estimate of drug-likeness (QED) is 0.323. The molecular weight excluding hydrogens is 507 g/mol. The lowest BCUT2D eigenvalue weighted by atomic mass is 10.00. The van der Waals surface area contributed by atoms with E-state index >= 15 is 4.39 Å². The molecule has 9 nitrogen and oxygen atoms in total. The monoisotopic (exact) mass is 530 g/mol. The zero-order chi connectivity index (χ0) is 26.2. The van der Waals surface area contributed by atoms with Crippen molar-refractivity contribution in [3.05, 3.63) is 78.5 Å². The van der Waals surface area contributed by atoms with E-state index in [1.54, 1.807) is 30.9 Å². The number of aromatic amines is 1. The van der Waals surface area contributed by atoms with Gasteiger partial charge in [0.05, 0.1) is 12.1 Å². The summed E-state index contributed by atoms with van der Waals surface area (Å²) in [5.74, 6) is -0.845. The Kier molecular flexibility index (Phi) is 6.34. The van der Waals surface area contributed by atoms with Gasteiger partial charge in [-0.1, -0.05) is 0 Å². The molecule has 1 atom stereocenters. The topological polar surface area (TPSA) is 117 Å². The third-order valence-electron chi connectivity index (χ3n) is 6.82. The summed E-state index contributed by atoms with van der Waals surface area (Å²) in [5.41, 5.74) is 10.4. The summed E-state index contributed by atoms with van der Waals surface area (Å²) < 4.78 is 16.4. The van der Waals surface area contributed by atoms with E-state index in [4.69, 9.17) is 17.5 Å². The highest BCUT2D eigenvalue weighted by molar-refractivity contribution is 6.24. The molecule has 0 radical (unpaired) electrons. The Hall–Kier alpha value is -4.15. The van der Waals surface area contributed by atoms with Crippen LogP contribution in [0.2, 0.25) is 0 Å². The van der Waals surface area contributed by atoms with Crippen LogP contribution in [0.25, 0.3) is 33.1 Å². The first-order chi connectivity index (χ1) is 18.5. The summed E-state index contributed by atoms with van der Waals surface area (Å²) in [7, 11) is 0. The highest BCUT2D eigenvalue weighted by Crippen LogP contribution is 2.36. The molecule has 1 amide bonds. The van der Waals surface area contributed by atoms with Gasteiger partial charge in [-0.25, -0.2) is 23.8 Å². The summed E-state index contributed by atoms with van der Waals surface area (Å²) in [4.78, 5) is 35.0. The fourth-order valence-corrected chi connectivity index (χ4v) is 5.24. The van der Waals surface area contributed by atoms with Crippen molar-refractivity contribution in [2.75, 3.05) is 18.0 Å². The summed E-state index contributed by atoms with van der Waals surface area (Å²) in [6, 6.07) is 7.09. The molecule has 38 heavy (non-hydrogen) atoms. The molecule has 1 aliphatic rings. The smallest absolute Gasteiger partial charge is 0.270 e. The van der Waals surface area contributed by atoms with Crippen LogP contribution >= 0.6 is 11.8 Å². The van der Waals surface area contributed by atoms with Gasteiger partial charge >= 0.3 is 0 Å². The number of fused-ring (bicyclic) bond motifs is 2. The first-order valence-corrected chi connectivity index (χ1v) is 12.6. The molecule has 3 N–H and O–H groups in total. The van der Waals surface area contributed by atoms with Crippen molar-refractivity contribution in [2.24, 2.45) is 5.73 Å². The van der Waals surface area contributed by atoms with Crippen LogP contribution in [0.4, 0.5) is 10.1 Å². The Bertz CT molecular complexity index is 1640. The molecule has 0 aliphatic carbocycles. The van der Waals surface area contributed by atoms with Gasteiger partial charge < -0.3 is 15.6 Å². The molecule has 1 fully saturated rings. The fourth-order valence-electron chi connectivity index (χ4n) is 5.00. The van der Waals surface area contributed by atoms with Gasteiger partial charge in [0.1, 0.15) is 23.3 Å². The highest BCUT2D eigenvalue weighted by atomic mass is 35.5. The largest absolute Gasteiger partial charge is 0.369 e. The third kappa shape index (κ3) is 4.52. The van der Waals surface area contributed by atoms with Gasteiger partial charge in [-0.05, 0) is 42.7 Å². The molecule has 4 aromatic heterocycles. The Balaban J connectivity index is 1.38. The number of carbonyl (C=O) groups is 1. The van der Waals surface area contributed by atoms with Crippen LogP contribution < -0.4 is 10.6 Å². The van der Waals surface area contributed by atoms with Crippen molar-refractivity contribution in [1.82, 2.24) is 29.3 Å². The van der Waals surface area contributed by atoms with E-state index in [-0.39, 0.29) is 12.6 Å². The lowest BCUT2D eigenvalue weighted by Crippen LogP contribution is -2.42. The van der Waals surface area contributed by atoms with Crippen molar-refractivity contribution >= 4 is 45.3 Å². The van der Waals surface area contributed by atoms with Crippen molar-refractivity contribution in [3.63, 3.8) is 0 Å². The number of amides is 1. The average molecular weight is 531 g/mol. The van der Waals surface area contributed by atoms with E-state index < -0.39 is 11.7 Å². The van der Waals surface area contributed by atoms with Crippen LogP contribution in [0.1, 0.15) is 28.8 Å². The molecule has 0 unspecified atom stereocenters. The lowest BCUT2D eigenvalue weighted by Gasteiger charge is -2.33. The van der Waals surface area contributed by atoms with Gasteiger partial charge in [-0.15, -0.1) is 0 Å². The number of piperidine rings is 1. The molecule has 192 valence electrons. The lowest BCUT2D eigenvalue weighted by molar-refractivity contribution is 0.0857. The van der Waals surface area contributed by atoms with Gasteiger partial charge in [0, 0.05) is 89.5 Å².